The van der Waals surface area contributed by atoms with E-state index in [0.717, 1.165) is 51.4 Å². The molecule has 1 aromatic carbocycles. The standard InChI is InChI=1S/C21H26N4O3S/c26-29(27,23-17-8-9-24(13-17)12-16-4-2-1-3-5-16)20-6-7-21(22-11-20)25-14-19-10-18(25)15-28-19/h1-7,11,17-19,23H,8-10,12-15H2/t17?,18-,19-/m0/s1. The smallest absolute Gasteiger partial charge is 0.242 e. The number of nitrogens with one attached hydrogen (secondary N) is 1. The number of likely N-dealkylation sites (tertiary alicyclic amines) is 1. The van der Waals surface area contributed by atoms with E-state index in [4.69, 9.17) is 4.74 Å². The van der Waals surface area contributed by atoms with Crippen LogP contribution in [0, 0.1) is 0 Å². The molecule has 2 aromatic rings. The molecule has 3 aliphatic rings. The maximum atomic E-state index is 12.8. The quantitative estimate of drug-likeness (QED) is 0.774. The highest BCUT2D eigenvalue weighted by Gasteiger charge is 2.39. The molecule has 0 aliphatic carbocycles. The van der Waals surface area contributed by atoms with E-state index in [1.54, 1.807) is 6.07 Å². The lowest BCUT2D eigenvalue weighted by atomic mass is 10.2. The first kappa shape index (κ1) is 19.0. The molecular weight excluding hydrogens is 388 g/mol. The van der Waals surface area contributed by atoms with Gasteiger partial charge in [0.15, 0.2) is 0 Å². The molecule has 3 fully saturated rings. The summed E-state index contributed by atoms with van der Waals surface area (Å²) in [5.41, 5.74) is 1.25. The Hall–Kier alpha value is -2.00. The van der Waals surface area contributed by atoms with Crippen molar-refractivity contribution in [2.75, 3.05) is 31.1 Å². The van der Waals surface area contributed by atoms with Crippen LogP contribution in [0.5, 0.6) is 0 Å². The number of morpholine rings is 1. The van der Waals surface area contributed by atoms with Crippen LogP contribution in [0.25, 0.3) is 0 Å². The molecule has 154 valence electrons. The Balaban J connectivity index is 1.20. The molecule has 3 aliphatic heterocycles. The average molecular weight is 415 g/mol. The minimum Gasteiger partial charge on any atom is -0.374 e. The summed E-state index contributed by atoms with van der Waals surface area (Å²) < 4.78 is 34.1. The summed E-state index contributed by atoms with van der Waals surface area (Å²) in [6, 6.07) is 14.0. The van der Waals surface area contributed by atoms with E-state index in [9.17, 15) is 8.42 Å². The van der Waals surface area contributed by atoms with Gasteiger partial charge in [-0.2, -0.15) is 0 Å². The number of pyridine rings is 1. The topological polar surface area (TPSA) is 74.8 Å². The Morgan fingerprint density at radius 2 is 2.00 bits per heavy atom. The van der Waals surface area contributed by atoms with Gasteiger partial charge < -0.3 is 9.64 Å². The molecule has 4 heterocycles. The molecule has 2 bridgehead atoms. The third-order valence-corrected chi connectivity index (χ3v) is 7.57. The van der Waals surface area contributed by atoms with Crippen LogP contribution in [0.3, 0.4) is 0 Å². The normalized spacial score (nSPS) is 27.0. The van der Waals surface area contributed by atoms with Crippen molar-refractivity contribution in [1.29, 1.82) is 0 Å². The van der Waals surface area contributed by atoms with E-state index < -0.39 is 10.0 Å². The molecule has 1 N–H and O–H groups in total. The number of fused-ring (bicyclic) bond motifs is 2. The number of hydrogen-bond acceptors (Lipinski definition) is 6. The number of nitrogens with zero attached hydrogens (tertiary/aromatic N) is 3. The lowest BCUT2D eigenvalue weighted by molar-refractivity contribution is 0.0989. The van der Waals surface area contributed by atoms with Gasteiger partial charge in [-0.15, -0.1) is 0 Å². The van der Waals surface area contributed by atoms with E-state index in [-0.39, 0.29) is 17.0 Å². The molecule has 5 rings (SSSR count). The number of rotatable bonds is 6. The number of aromatic nitrogens is 1. The molecule has 0 saturated carbocycles. The first-order valence-corrected chi connectivity index (χ1v) is 11.7. The van der Waals surface area contributed by atoms with Crippen molar-refractivity contribution in [3.8, 4) is 0 Å². The van der Waals surface area contributed by atoms with Crippen LogP contribution >= 0.6 is 0 Å². The Labute approximate surface area is 171 Å². The third-order valence-electron chi connectivity index (χ3n) is 6.07. The first-order chi connectivity index (χ1) is 14.1. The molecule has 3 atom stereocenters. The van der Waals surface area contributed by atoms with Gasteiger partial charge >= 0.3 is 0 Å². The number of sulfonamides is 1. The van der Waals surface area contributed by atoms with Crippen molar-refractivity contribution in [3.05, 3.63) is 54.2 Å². The molecule has 0 amide bonds. The predicted molar refractivity (Wildman–Crippen MR) is 110 cm³/mol. The van der Waals surface area contributed by atoms with Crippen LogP contribution in [0.1, 0.15) is 18.4 Å². The fraction of sp³-hybridized carbons (Fsp3) is 0.476. The van der Waals surface area contributed by atoms with Gasteiger partial charge in [0, 0.05) is 38.4 Å². The van der Waals surface area contributed by atoms with Crippen molar-refractivity contribution >= 4 is 15.8 Å². The monoisotopic (exact) mass is 414 g/mol. The van der Waals surface area contributed by atoms with E-state index >= 15 is 0 Å². The zero-order valence-electron chi connectivity index (χ0n) is 16.3. The van der Waals surface area contributed by atoms with Gasteiger partial charge in [-0.25, -0.2) is 18.1 Å². The fourth-order valence-electron chi connectivity index (χ4n) is 4.58. The molecule has 1 aromatic heterocycles. The largest absolute Gasteiger partial charge is 0.374 e. The average Bonchev–Trinajstić information content (AvgIpc) is 3.46. The Bertz CT molecular complexity index is 952. The van der Waals surface area contributed by atoms with Gasteiger partial charge in [0.1, 0.15) is 10.7 Å². The number of anilines is 1. The third kappa shape index (κ3) is 4.02. The van der Waals surface area contributed by atoms with Crippen LogP contribution in [0.2, 0.25) is 0 Å². The van der Waals surface area contributed by atoms with E-state index in [1.807, 2.05) is 24.3 Å². The molecule has 0 spiro atoms. The Kier molecular flexibility index (Phi) is 5.03. The van der Waals surface area contributed by atoms with Crippen molar-refractivity contribution < 1.29 is 13.2 Å². The molecule has 3 saturated heterocycles. The van der Waals surface area contributed by atoms with Crippen molar-refractivity contribution in [1.82, 2.24) is 14.6 Å². The maximum absolute atomic E-state index is 12.8. The molecule has 8 heteroatoms. The molecular formula is C21H26N4O3S. The van der Waals surface area contributed by atoms with Gasteiger partial charge in [0.05, 0.1) is 18.8 Å². The summed E-state index contributed by atoms with van der Waals surface area (Å²) in [6.45, 7) is 4.02. The van der Waals surface area contributed by atoms with Crippen molar-refractivity contribution in [3.63, 3.8) is 0 Å². The highest BCUT2D eigenvalue weighted by molar-refractivity contribution is 7.89. The molecule has 1 unspecified atom stereocenters. The second kappa shape index (κ2) is 7.68. The zero-order valence-corrected chi connectivity index (χ0v) is 17.1. The van der Waals surface area contributed by atoms with E-state index in [2.05, 4.69) is 31.6 Å². The van der Waals surface area contributed by atoms with Gasteiger partial charge in [-0.05, 0) is 30.5 Å². The zero-order chi connectivity index (χ0) is 19.8. The van der Waals surface area contributed by atoms with Crippen LogP contribution in [-0.4, -0.2) is 62.7 Å². The van der Waals surface area contributed by atoms with Gasteiger partial charge in [-0.1, -0.05) is 30.3 Å². The van der Waals surface area contributed by atoms with Crippen LogP contribution < -0.4 is 9.62 Å². The number of benzene rings is 1. The number of ether oxygens (including phenoxy) is 1. The predicted octanol–water partition coefficient (Wildman–Crippen LogP) is 1.61. The maximum Gasteiger partial charge on any atom is 0.242 e. The minimum atomic E-state index is -3.57. The summed E-state index contributed by atoms with van der Waals surface area (Å²) in [7, 11) is -3.57. The molecule has 0 radical (unpaired) electrons. The molecule has 29 heavy (non-hydrogen) atoms. The first-order valence-electron chi connectivity index (χ1n) is 10.2. The Morgan fingerprint density at radius 1 is 1.14 bits per heavy atom. The summed E-state index contributed by atoms with van der Waals surface area (Å²) in [5.74, 6) is 0.828. The van der Waals surface area contributed by atoms with Crippen molar-refractivity contribution in [2.24, 2.45) is 0 Å². The summed E-state index contributed by atoms with van der Waals surface area (Å²) >= 11 is 0. The summed E-state index contributed by atoms with van der Waals surface area (Å²) in [5, 5.41) is 0. The van der Waals surface area contributed by atoms with Gasteiger partial charge in [0.25, 0.3) is 0 Å². The van der Waals surface area contributed by atoms with E-state index in [0.29, 0.717) is 6.04 Å². The SMILES string of the molecule is O=S(=O)(NC1CCN(Cc2ccccc2)C1)c1ccc(N2C[C@@H]3C[C@H]2CO3)nc1. The van der Waals surface area contributed by atoms with Gasteiger partial charge in [-0.3, -0.25) is 4.90 Å². The van der Waals surface area contributed by atoms with Crippen LogP contribution in [0.15, 0.2) is 53.6 Å². The highest BCUT2D eigenvalue weighted by atomic mass is 32.2. The fourth-order valence-corrected chi connectivity index (χ4v) is 5.79. The second-order valence-electron chi connectivity index (χ2n) is 8.18. The lowest BCUT2D eigenvalue weighted by Gasteiger charge is -2.27. The van der Waals surface area contributed by atoms with E-state index in [1.165, 1.54) is 11.8 Å². The minimum absolute atomic E-state index is 0.0742. The molecule has 7 nitrogen and oxygen atoms in total. The summed E-state index contributed by atoms with van der Waals surface area (Å²) in [4.78, 5) is 9.16. The lowest BCUT2D eigenvalue weighted by Crippen LogP contribution is -2.38. The van der Waals surface area contributed by atoms with Crippen LogP contribution in [0.4, 0.5) is 5.82 Å². The van der Waals surface area contributed by atoms with Crippen molar-refractivity contribution in [2.45, 2.75) is 42.5 Å². The number of hydrogen-bond donors (Lipinski definition) is 1. The summed E-state index contributed by atoms with van der Waals surface area (Å²) in [6.07, 6.45) is 3.60. The van der Waals surface area contributed by atoms with Gasteiger partial charge in [0.2, 0.25) is 10.0 Å². The Morgan fingerprint density at radius 3 is 2.69 bits per heavy atom. The van der Waals surface area contributed by atoms with Crippen LogP contribution in [-0.2, 0) is 21.3 Å². The second-order valence-corrected chi connectivity index (χ2v) is 9.89. The highest BCUT2D eigenvalue weighted by Crippen LogP contribution is 2.31.